The van der Waals surface area contributed by atoms with Crippen LogP contribution >= 0.6 is 0 Å². The van der Waals surface area contributed by atoms with Crippen LogP contribution in [0.4, 0.5) is 0 Å². The molecule has 19 heavy (non-hydrogen) atoms. The lowest BCUT2D eigenvalue weighted by Crippen LogP contribution is -2.18. The first-order valence-corrected chi connectivity index (χ1v) is 7.07. The molecule has 0 amide bonds. The molecule has 0 bridgehead atoms. The van der Waals surface area contributed by atoms with Crippen molar-refractivity contribution in [1.29, 1.82) is 0 Å². The normalized spacial score (nSPS) is 12.4. The Balaban J connectivity index is 1.96. The molecule has 0 saturated carbocycles. The number of nitrogens with one attached hydrogen (secondary N) is 1. The smallest absolute Gasteiger partial charge is 0.0297 e. The van der Waals surface area contributed by atoms with E-state index < -0.39 is 0 Å². The predicted octanol–water partition coefficient (Wildman–Crippen LogP) is 4.41. The van der Waals surface area contributed by atoms with Gasteiger partial charge in [-0.25, -0.2) is 0 Å². The molecule has 0 saturated heterocycles. The highest BCUT2D eigenvalue weighted by Crippen LogP contribution is 2.17. The Morgan fingerprint density at radius 1 is 0.947 bits per heavy atom. The SMILES string of the molecule is CCc1ccc(CNC(C)c2ccccc2C)cc1. The summed E-state index contributed by atoms with van der Waals surface area (Å²) in [4.78, 5) is 0. The van der Waals surface area contributed by atoms with Crippen LogP contribution in [0.5, 0.6) is 0 Å². The molecule has 0 aliphatic heterocycles. The molecule has 0 radical (unpaired) electrons. The summed E-state index contributed by atoms with van der Waals surface area (Å²) in [5, 5.41) is 3.59. The Morgan fingerprint density at radius 2 is 1.58 bits per heavy atom. The number of aryl methyl sites for hydroxylation is 2. The summed E-state index contributed by atoms with van der Waals surface area (Å²) < 4.78 is 0. The summed E-state index contributed by atoms with van der Waals surface area (Å²) in [6.07, 6.45) is 1.10. The molecule has 100 valence electrons. The largest absolute Gasteiger partial charge is 0.306 e. The minimum absolute atomic E-state index is 0.382. The van der Waals surface area contributed by atoms with Crippen LogP contribution in [0.3, 0.4) is 0 Å². The molecule has 0 heterocycles. The molecule has 0 spiro atoms. The fraction of sp³-hybridized carbons (Fsp3) is 0.333. The van der Waals surface area contributed by atoms with Gasteiger partial charge in [0.25, 0.3) is 0 Å². The Kier molecular flexibility index (Phi) is 4.75. The van der Waals surface area contributed by atoms with Crippen molar-refractivity contribution in [3.8, 4) is 0 Å². The van der Waals surface area contributed by atoms with Crippen molar-refractivity contribution in [3.05, 3.63) is 70.8 Å². The van der Waals surface area contributed by atoms with Gasteiger partial charge in [-0.15, -0.1) is 0 Å². The predicted molar refractivity (Wildman–Crippen MR) is 82.3 cm³/mol. The molecule has 0 aromatic heterocycles. The third-order valence-corrected chi connectivity index (χ3v) is 3.70. The average Bonchev–Trinajstić information content (AvgIpc) is 2.46. The summed E-state index contributed by atoms with van der Waals surface area (Å²) in [6.45, 7) is 7.50. The van der Waals surface area contributed by atoms with E-state index in [1.54, 1.807) is 0 Å². The molecule has 1 unspecified atom stereocenters. The summed E-state index contributed by atoms with van der Waals surface area (Å²) >= 11 is 0. The third kappa shape index (κ3) is 3.68. The fourth-order valence-electron chi connectivity index (χ4n) is 2.35. The molecule has 1 heteroatoms. The highest BCUT2D eigenvalue weighted by atomic mass is 14.9. The van der Waals surface area contributed by atoms with Crippen LogP contribution in [0.1, 0.15) is 42.1 Å². The maximum atomic E-state index is 3.59. The van der Waals surface area contributed by atoms with Gasteiger partial charge in [0, 0.05) is 12.6 Å². The van der Waals surface area contributed by atoms with Crippen LogP contribution < -0.4 is 5.32 Å². The minimum Gasteiger partial charge on any atom is -0.306 e. The zero-order valence-electron chi connectivity index (χ0n) is 12.1. The van der Waals surface area contributed by atoms with Gasteiger partial charge in [0.05, 0.1) is 0 Å². The van der Waals surface area contributed by atoms with E-state index in [0.717, 1.165) is 13.0 Å². The monoisotopic (exact) mass is 253 g/mol. The van der Waals surface area contributed by atoms with Gasteiger partial charge in [0.1, 0.15) is 0 Å². The quantitative estimate of drug-likeness (QED) is 0.832. The maximum Gasteiger partial charge on any atom is 0.0297 e. The number of hydrogen-bond acceptors (Lipinski definition) is 1. The maximum absolute atomic E-state index is 3.59. The van der Waals surface area contributed by atoms with Crippen LogP contribution in [0.2, 0.25) is 0 Å². The minimum atomic E-state index is 0.382. The molecule has 0 fully saturated rings. The Bertz CT molecular complexity index is 513. The van der Waals surface area contributed by atoms with Crippen LogP contribution in [0.25, 0.3) is 0 Å². The molecular weight excluding hydrogens is 230 g/mol. The van der Waals surface area contributed by atoms with Crippen LogP contribution in [0, 0.1) is 6.92 Å². The van der Waals surface area contributed by atoms with Gasteiger partial charge in [0.15, 0.2) is 0 Å². The van der Waals surface area contributed by atoms with Gasteiger partial charge in [-0.2, -0.15) is 0 Å². The second-order valence-electron chi connectivity index (χ2n) is 5.13. The van der Waals surface area contributed by atoms with Crippen molar-refractivity contribution in [2.75, 3.05) is 0 Å². The van der Waals surface area contributed by atoms with Crippen molar-refractivity contribution in [2.45, 2.75) is 39.8 Å². The van der Waals surface area contributed by atoms with E-state index in [1.165, 1.54) is 22.3 Å². The first-order valence-electron chi connectivity index (χ1n) is 7.07. The average molecular weight is 253 g/mol. The van der Waals surface area contributed by atoms with E-state index in [4.69, 9.17) is 0 Å². The Hall–Kier alpha value is -1.60. The summed E-state index contributed by atoms with van der Waals surface area (Å²) in [5.74, 6) is 0. The molecule has 2 aromatic rings. The van der Waals surface area contributed by atoms with Gasteiger partial charge in [-0.05, 0) is 42.5 Å². The zero-order valence-corrected chi connectivity index (χ0v) is 12.1. The number of rotatable bonds is 5. The number of benzene rings is 2. The first-order chi connectivity index (χ1) is 9.20. The van der Waals surface area contributed by atoms with E-state index >= 15 is 0 Å². The van der Waals surface area contributed by atoms with E-state index in [9.17, 15) is 0 Å². The van der Waals surface area contributed by atoms with Crippen LogP contribution in [-0.2, 0) is 13.0 Å². The van der Waals surface area contributed by atoms with Crippen LogP contribution in [-0.4, -0.2) is 0 Å². The fourth-order valence-corrected chi connectivity index (χ4v) is 2.35. The third-order valence-electron chi connectivity index (χ3n) is 3.70. The van der Waals surface area contributed by atoms with Crippen molar-refractivity contribution in [2.24, 2.45) is 0 Å². The van der Waals surface area contributed by atoms with Gasteiger partial charge in [-0.3, -0.25) is 0 Å². The lowest BCUT2D eigenvalue weighted by Gasteiger charge is -2.16. The van der Waals surface area contributed by atoms with Gasteiger partial charge >= 0.3 is 0 Å². The van der Waals surface area contributed by atoms with Gasteiger partial charge in [0.2, 0.25) is 0 Å². The zero-order chi connectivity index (χ0) is 13.7. The highest BCUT2D eigenvalue weighted by molar-refractivity contribution is 5.28. The van der Waals surface area contributed by atoms with Gasteiger partial charge < -0.3 is 5.32 Å². The molecule has 1 atom stereocenters. The van der Waals surface area contributed by atoms with Crippen molar-refractivity contribution >= 4 is 0 Å². The molecule has 0 aliphatic carbocycles. The van der Waals surface area contributed by atoms with Crippen molar-refractivity contribution < 1.29 is 0 Å². The molecule has 0 aliphatic rings. The lowest BCUT2D eigenvalue weighted by molar-refractivity contribution is 0.572. The summed E-state index contributed by atoms with van der Waals surface area (Å²) in [7, 11) is 0. The van der Waals surface area contributed by atoms with E-state index in [0.29, 0.717) is 6.04 Å². The lowest BCUT2D eigenvalue weighted by atomic mass is 10.0. The standard InChI is InChI=1S/C18H23N/c1-4-16-9-11-17(12-10-16)13-19-15(3)18-8-6-5-7-14(18)2/h5-12,15,19H,4,13H2,1-3H3. The highest BCUT2D eigenvalue weighted by Gasteiger charge is 2.06. The number of hydrogen-bond donors (Lipinski definition) is 1. The van der Waals surface area contributed by atoms with Crippen molar-refractivity contribution in [3.63, 3.8) is 0 Å². The first kappa shape index (κ1) is 13.8. The van der Waals surface area contributed by atoms with Crippen LogP contribution in [0.15, 0.2) is 48.5 Å². The van der Waals surface area contributed by atoms with E-state index in [2.05, 4.69) is 74.6 Å². The molecule has 2 aromatic carbocycles. The molecule has 1 N–H and O–H groups in total. The second kappa shape index (κ2) is 6.53. The van der Waals surface area contributed by atoms with E-state index in [-0.39, 0.29) is 0 Å². The van der Waals surface area contributed by atoms with Crippen molar-refractivity contribution in [1.82, 2.24) is 5.32 Å². The second-order valence-corrected chi connectivity index (χ2v) is 5.13. The molecule has 1 nitrogen and oxygen atoms in total. The Labute approximate surface area is 116 Å². The topological polar surface area (TPSA) is 12.0 Å². The summed E-state index contributed by atoms with van der Waals surface area (Å²) in [6, 6.07) is 17.8. The Morgan fingerprint density at radius 3 is 2.21 bits per heavy atom. The van der Waals surface area contributed by atoms with Gasteiger partial charge in [-0.1, -0.05) is 55.5 Å². The molecular formula is C18H23N. The molecule has 2 rings (SSSR count). The van der Waals surface area contributed by atoms with E-state index in [1.807, 2.05) is 0 Å². The summed E-state index contributed by atoms with van der Waals surface area (Å²) in [5.41, 5.74) is 5.48.